The van der Waals surface area contributed by atoms with Crippen LogP contribution >= 0.6 is 0 Å². The Morgan fingerprint density at radius 3 is 2.69 bits per heavy atom. The van der Waals surface area contributed by atoms with Crippen molar-refractivity contribution in [3.63, 3.8) is 0 Å². The highest BCUT2D eigenvalue weighted by Crippen LogP contribution is 2.31. The number of benzene rings is 1. The minimum Gasteiger partial charge on any atom is -0.382 e. The van der Waals surface area contributed by atoms with Crippen molar-refractivity contribution in [3.05, 3.63) is 47.8 Å². The van der Waals surface area contributed by atoms with Crippen LogP contribution in [0.25, 0.3) is 0 Å². The number of hydrogen-bond donors (Lipinski definition) is 1. The molecule has 0 aliphatic carbocycles. The fourth-order valence-electron chi connectivity index (χ4n) is 3.51. The van der Waals surface area contributed by atoms with Crippen molar-refractivity contribution in [1.29, 1.82) is 0 Å². The Morgan fingerprint density at radius 2 is 2.08 bits per heavy atom. The molecule has 1 aromatic carbocycles. The van der Waals surface area contributed by atoms with Crippen LogP contribution in [0.5, 0.6) is 0 Å². The predicted octanol–water partition coefficient (Wildman–Crippen LogP) is 0.694. The number of nitrogens with one attached hydrogen (secondary N) is 1. The summed E-state index contributed by atoms with van der Waals surface area (Å²) in [5.41, 5.74) is 0.626. The average molecular weight is 357 g/mol. The zero-order valence-corrected chi connectivity index (χ0v) is 15.0. The first kappa shape index (κ1) is 18.1. The summed E-state index contributed by atoms with van der Waals surface area (Å²) in [6, 6.07) is 7.36. The molecule has 138 valence electrons. The quantitative estimate of drug-likeness (QED) is 0.822. The third-order valence-electron chi connectivity index (χ3n) is 4.78. The van der Waals surface area contributed by atoms with Gasteiger partial charge in [0.2, 0.25) is 5.91 Å². The maximum absolute atomic E-state index is 13.0. The number of amides is 2. The highest BCUT2D eigenvalue weighted by atomic mass is 16.5. The lowest BCUT2D eigenvalue weighted by molar-refractivity contribution is -0.133. The number of carbonyl (C=O) groups excluding carboxylic acids is 2. The second-order valence-corrected chi connectivity index (χ2v) is 6.40. The molecule has 1 aliphatic heterocycles. The summed E-state index contributed by atoms with van der Waals surface area (Å²) in [6.45, 7) is 1.31. The van der Waals surface area contributed by atoms with E-state index in [1.165, 1.54) is 0 Å². The average Bonchev–Trinajstić information content (AvgIpc) is 3.32. The lowest BCUT2D eigenvalue weighted by Gasteiger charge is -2.36. The van der Waals surface area contributed by atoms with Crippen molar-refractivity contribution in [2.75, 3.05) is 27.3 Å². The molecule has 2 heterocycles. The van der Waals surface area contributed by atoms with Crippen molar-refractivity contribution < 1.29 is 14.3 Å². The SMILES string of the molecule is CNC(=O)C1(COC)CCCN1C(=O)c1ccc(Cn2ccnn2)cc1. The number of ether oxygens (including phenoxy) is 1. The highest BCUT2D eigenvalue weighted by molar-refractivity contribution is 5.99. The largest absolute Gasteiger partial charge is 0.382 e. The smallest absolute Gasteiger partial charge is 0.254 e. The van der Waals surface area contributed by atoms with Gasteiger partial charge >= 0.3 is 0 Å². The Hall–Kier alpha value is -2.74. The minimum absolute atomic E-state index is 0.157. The number of hydrogen-bond acceptors (Lipinski definition) is 5. The van der Waals surface area contributed by atoms with Gasteiger partial charge in [-0.2, -0.15) is 0 Å². The van der Waals surface area contributed by atoms with Crippen LogP contribution in [0.3, 0.4) is 0 Å². The molecule has 2 aromatic rings. The number of likely N-dealkylation sites (tertiary alicyclic amines) is 1. The molecule has 0 bridgehead atoms. The van der Waals surface area contributed by atoms with Crippen LogP contribution < -0.4 is 5.32 Å². The molecule has 1 fully saturated rings. The van der Waals surface area contributed by atoms with Gasteiger partial charge in [-0.25, -0.2) is 4.68 Å². The summed E-state index contributed by atoms with van der Waals surface area (Å²) < 4.78 is 6.99. The third-order valence-corrected chi connectivity index (χ3v) is 4.78. The molecule has 2 amide bonds. The number of aromatic nitrogens is 3. The summed E-state index contributed by atoms with van der Waals surface area (Å²) in [4.78, 5) is 27.2. The van der Waals surface area contributed by atoms with E-state index >= 15 is 0 Å². The first-order valence-corrected chi connectivity index (χ1v) is 8.57. The van der Waals surface area contributed by atoms with Gasteiger partial charge in [-0.05, 0) is 30.5 Å². The standard InChI is InChI=1S/C18H23N5O3/c1-19-17(25)18(13-26-2)8-3-10-23(18)16(24)15-6-4-14(5-7-15)12-22-11-9-20-21-22/h4-7,9,11H,3,8,10,12-13H2,1-2H3,(H,19,25). The van der Waals surface area contributed by atoms with Gasteiger partial charge in [0.05, 0.1) is 19.3 Å². The zero-order valence-electron chi connectivity index (χ0n) is 15.0. The van der Waals surface area contributed by atoms with E-state index in [0.717, 1.165) is 12.0 Å². The molecule has 8 nitrogen and oxygen atoms in total. The van der Waals surface area contributed by atoms with Gasteiger partial charge in [-0.1, -0.05) is 17.3 Å². The van der Waals surface area contributed by atoms with Crippen molar-refractivity contribution in [1.82, 2.24) is 25.2 Å². The number of rotatable bonds is 6. The Kier molecular flexibility index (Phi) is 5.32. The molecular weight excluding hydrogens is 334 g/mol. The van der Waals surface area contributed by atoms with Gasteiger partial charge < -0.3 is 15.0 Å². The maximum Gasteiger partial charge on any atom is 0.254 e. The molecule has 1 aliphatic rings. The van der Waals surface area contributed by atoms with Gasteiger partial charge in [-0.15, -0.1) is 5.10 Å². The molecular formula is C18H23N5O3. The van der Waals surface area contributed by atoms with E-state index in [-0.39, 0.29) is 18.4 Å². The minimum atomic E-state index is -0.944. The Balaban J connectivity index is 1.80. The van der Waals surface area contributed by atoms with E-state index in [2.05, 4.69) is 15.6 Å². The molecule has 1 N–H and O–H groups in total. The molecule has 26 heavy (non-hydrogen) atoms. The Morgan fingerprint density at radius 1 is 1.31 bits per heavy atom. The molecule has 1 atom stereocenters. The van der Waals surface area contributed by atoms with Crippen LogP contribution in [0, 0.1) is 0 Å². The normalized spacial score (nSPS) is 19.5. The van der Waals surface area contributed by atoms with E-state index in [9.17, 15) is 9.59 Å². The predicted molar refractivity (Wildman–Crippen MR) is 94.5 cm³/mol. The Labute approximate surface area is 152 Å². The van der Waals surface area contributed by atoms with Gasteiger partial charge in [-0.3, -0.25) is 9.59 Å². The number of methoxy groups -OCH3 is 1. The monoisotopic (exact) mass is 357 g/mol. The fraction of sp³-hybridized carbons (Fsp3) is 0.444. The summed E-state index contributed by atoms with van der Waals surface area (Å²) >= 11 is 0. The second kappa shape index (κ2) is 7.65. The fourth-order valence-corrected chi connectivity index (χ4v) is 3.51. The van der Waals surface area contributed by atoms with Gasteiger partial charge in [0, 0.05) is 32.5 Å². The van der Waals surface area contributed by atoms with Crippen molar-refractivity contribution in [3.8, 4) is 0 Å². The topological polar surface area (TPSA) is 89.4 Å². The first-order valence-electron chi connectivity index (χ1n) is 8.57. The zero-order chi connectivity index (χ0) is 18.6. The lowest BCUT2D eigenvalue weighted by Crippen LogP contribution is -2.59. The van der Waals surface area contributed by atoms with E-state index in [4.69, 9.17) is 4.74 Å². The third kappa shape index (κ3) is 3.32. The molecule has 8 heteroatoms. The number of nitrogens with zero attached hydrogens (tertiary/aromatic N) is 4. The molecule has 1 aromatic heterocycles. The first-order chi connectivity index (χ1) is 12.6. The van der Waals surface area contributed by atoms with Crippen molar-refractivity contribution in [2.45, 2.75) is 24.9 Å². The summed E-state index contributed by atoms with van der Waals surface area (Å²) in [6.07, 6.45) is 4.77. The van der Waals surface area contributed by atoms with Gasteiger partial charge in [0.15, 0.2) is 0 Å². The van der Waals surface area contributed by atoms with Crippen LogP contribution in [-0.2, 0) is 16.1 Å². The summed E-state index contributed by atoms with van der Waals surface area (Å²) in [5.74, 6) is -0.344. The summed E-state index contributed by atoms with van der Waals surface area (Å²) in [5, 5.41) is 10.4. The van der Waals surface area contributed by atoms with E-state index in [1.807, 2.05) is 12.1 Å². The Bertz CT molecular complexity index is 760. The van der Waals surface area contributed by atoms with E-state index in [0.29, 0.717) is 25.1 Å². The van der Waals surface area contributed by atoms with Crippen molar-refractivity contribution in [2.24, 2.45) is 0 Å². The second-order valence-electron chi connectivity index (χ2n) is 6.40. The molecule has 1 unspecified atom stereocenters. The highest BCUT2D eigenvalue weighted by Gasteiger charge is 2.49. The molecule has 0 radical (unpaired) electrons. The number of likely N-dealkylation sites (N-methyl/N-ethyl adjacent to an activating group) is 1. The van der Waals surface area contributed by atoms with Gasteiger partial charge in [0.1, 0.15) is 5.54 Å². The molecule has 1 saturated heterocycles. The van der Waals surface area contributed by atoms with Crippen LogP contribution in [0.4, 0.5) is 0 Å². The molecule has 0 spiro atoms. The van der Waals surface area contributed by atoms with Crippen molar-refractivity contribution >= 4 is 11.8 Å². The molecule has 0 saturated carbocycles. The number of carbonyl (C=O) groups is 2. The maximum atomic E-state index is 13.0. The molecule has 3 rings (SSSR count). The van der Waals surface area contributed by atoms with E-state index < -0.39 is 5.54 Å². The van der Waals surface area contributed by atoms with Crippen LogP contribution in [0.15, 0.2) is 36.7 Å². The van der Waals surface area contributed by atoms with Crippen LogP contribution in [0.2, 0.25) is 0 Å². The van der Waals surface area contributed by atoms with Gasteiger partial charge in [0.25, 0.3) is 5.91 Å². The lowest BCUT2D eigenvalue weighted by atomic mass is 9.95. The van der Waals surface area contributed by atoms with Crippen LogP contribution in [0.1, 0.15) is 28.8 Å². The van der Waals surface area contributed by atoms with Crippen LogP contribution in [-0.4, -0.2) is 64.6 Å². The summed E-state index contributed by atoms with van der Waals surface area (Å²) in [7, 11) is 3.13. The van der Waals surface area contributed by atoms with E-state index in [1.54, 1.807) is 48.3 Å².